The maximum atomic E-state index is 13.7. The fourth-order valence-electron chi connectivity index (χ4n) is 2.30. The highest BCUT2D eigenvalue weighted by Gasteiger charge is 2.14. The monoisotopic (exact) mass is 286 g/mol. The number of nitrogens with one attached hydrogen (secondary N) is 1. The van der Waals surface area contributed by atoms with E-state index in [9.17, 15) is 9.18 Å². The predicted molar refractivity (Wildman–Crippen MR) is 81.0 cm³/mol. The minimum atomic E-state index is -0.372. The zero-order valence-corrected chi connectivity index (χ0v) is 12.0. The summed E-state index contributed by atoms with van der Waals surface area (Å²) in [6, 6.07) is 13.6. The Morgan fingerprint density at radius 2 is 1.76 bits per heavy atom. The van der Waals surface area contributed by atoms with Crippen molar-refractivity contribution in [3.05, 3.63) is 71.0 Å². The minimum absolute atomic E-state index is 0.147. The lowest BCUT2D eigenvalue weighted by molar-refractivity contribution is -0.121. The number of halogens is 1. The van der Waals surface area contributed by atoms with Crippen LogP contribution in [0.2, 0.25) is 0 Å². The molecule has 2 aromatic rings. The molecule has 0 aliphatic heterocycles. The summed E-state index contributed by atoms with van der Waals surface area (Å²) < 4.78 is 13.7. The van der Waals surface area contributed by atoms with E-state index in [1.54, 1.807) is 25.1 Å². The predicted octanol–water partition coefficient (Wildman–Crippen LogP) is 2.70. The van der Waals surface area contributed by atoms with Crippen molar-refractivity contribution in [1.82, 2.24) is 5.32 Å². The third-order valence-corrected chi connectivity index (χ3v) is 3.44. The van der Waals surface area contributed by atoms with Gasteiger partial charge in [0.25, 0.3) is 0 Å². The van der Waals surface area contributed by atoms with Crippen LogP contribution in [0.4, 0.5) is 4.39 Å². The number of benzene rings is 2. The third kappa shape index (κ3) is 3.89. The average molecular weight is 286 g/mol. The summed E-state index contributed by atoms with van der Waals surface area (Å²) >= 11 is 0. The van der Waals surface area contributed by atoms with Crippen LogP contribution >= 0.6 is 0 Å². The Labute approximate surface area is 124 Å². The van der Waals surface area contributed by atoms with Crippen LogP contribution < -0.4 is 11.1 Å². The fourth-order valence-corrected chi connectivity index (χ4v) is 2.30. The van der Waals surface area contributed by atoms with Crippen LogP contribution in [-0.4, -0.2) is 5.91 Å². The first-order chi connectivity index (χ1) is 10.1. The van der Waals surface area contributed by atoms with E-state index in [0.717, 1.165) is 11.1 Å². The molecule has 2 aromatic carbocycles. The number of amides is 1. The van der Waals surface area contributed by atoms with Crippen molar-refractivity contribution in [3.63, 3.8) is 0 Å². The summed E-state index contributed by atoms with van der Waals surface area (Å²) in [5.41, 5.74) is 7.99. The lowest BCUT2D eigenvalue weighted by atomic mass is 10.0. The van der Waals surface area contributed by atoms with E-state index in [2.05, 4.69) is 5.32 Å². The second kappa shape index (κ2) is 6.99. The molecule has 2 rings (SSSR count). The molecule has 3 nitrogen and oxygen atoms in total. The molecule has 110 valence electrons. The van der Waals surface area contributed by atoms with Crippen LogP contribution in [0.3, 0.4) is 0 Å². The van der Waals surface area contributed by atoms with Crippen molar-refractivity contribution in [2.24, 2.45) is 5.73 Å². The van der Waals surface area contributed by atoms with Gasteiger partial charge in [0, 0.05) is 12.1 Å². The molecule has 4 heteroatoms. The molecule has 0 aliphatic carbocycles. The number of carbonyl (C=O) groups is 1. The molecule has 0 bridgehead atoms. The van der Waals surface area contributed by atoms with Crippen LogP contribution in [0.5, 0.6) is 0 Å². The van der Waals surface area contributed by atoms with Crippen molar-refractivity contribution in [3.8, 4) is 0 Å². The number of hydrogen-bond acceptors (Lipinski definition) is 2. The van der Waals surface area contributed by atoms with E-state index in [4.69, 9.17) is 5.73 Å². The Kier molecular flexibility index (Phi) is 5.06. The van der Waals surface area contributed by atoms with Gasteiger partial charge in [-0.1, -0.05) is 42.5 Å². The van der Waals surface area contributed by atoms with Gasteiger partial charge in [-0.25, -0.2) is 4.39 Å². The Bertz CT molecular complexity index is 628. The molecule has 0 aliphatic rings. The van der Waals surface area contributed by atoms with Crippen LogP contribution in [0.1, 0.15) is 29.7 Å². The first-order valence-electron chi connectivity index (χ1n) is 6.92. The molecule has 1 amide bonds. The van der Waals surface area contributed by atoms with Crippen molar-refractivity contribution in [1.29, 1.82) is 0 Å². The van der Waals surface area contributed by atoms with Crippen LogP contribution in [-0.2, 0) is 17.8 Å². The summed E-state index contributed by atoms with van der Waals surface area (Å²) in [5.74, 6) is -0.459. The first kappa shape index (κ1) is 15.2. The number of carbonyl (C=O) groups excluding carboxylic acids is 1. The lowest BCUT2D eigenvalue weighted by Crippen LogP contribution is -2.29. The molecule has 0 fully saturated rings. The highest BCUT2D eigenvalue weighted by molar-refractivity contribution is 5.79. The molecule has 0 spiro atoms. The second-order valence-corrected chi connectivity index (χ2v) is 4.96. The average Bonchev–Trinajstić information content (AvgIpc) is 2.48. The summed E-state index contributed by atoms with van der Waals surface area (Å²) in [5, 5.41) is 2.82. The highest BCUT2D eigenvalue weighted by Crippen LogP contribution is 2.16. The van der Waals surface area contributed by atoms with Gasteiger partial charge >= 0.3 is 0 Å². The molecular formula is C17H19FN2O. The summed E-state index contributed by atoms with van der Waals surface area (Å²) in [6.45, 7) is 2.16. The molecule has 21 heavy (non-hydrogen) atoms. The Morgan fingerprint density at radius 1 is 1.14 bits per heavy atom. The van der Waals surface area contributed by atoms with Gasteiger partial charge in [0.1, 0.15) is 5.82 Å². The van der Waals surface area contributed by atoms with Crippen LogP contribution in [0.25, 0.3) is 0 Å². The van der Waals surface area contributed by atoms with E-state index >= 15 is 0 Å². The van der Waals surface area contributed by atoms with Crippen LogP contribution in [0.15, 0.2) is 48.5 Å². The first-order valence-corrected chi connectivity index (χ1v) is 6.92. The van der Waals surface area contributed by atoms with E-state index in [1.165, 1.54) is 6.07 Å². The number of nitrogens with two attached hydrogens (primary N) is 1. The van der Waals surface area contributed by atoms with Crippen molar-refractivity contribution >= 4 is 5.91 Å². The molecular weight excluding hydrogens is 267 g/mol. The smallest absolute Gasteiger partial charge is 0.224 e. The molecule has 0 heterocycles. The van der Waals surface area contributed by atoms with Crippen molar-refractivity contribution < 1.29 is 9.18 Å². The Hall–Kier alpha value is -2.20. The summed E-state index contributed by atoms with van der Waals surface area (Å²) in [6.07, 6.45) is 0.242. The van der Waals surface area contributed by atoms with Crippen molar-refractivity contribution in [2.75, 3.05) is 0 Å². The van der Waals surface area contributed by atoms with Gasteiger partial charge in [-0.15, -0.1) is 0 Å². The van der Waals surface area contributed by atoms with Crippen molar-refractivity contribution in [2.45, 2.75) is 25.9 Å². The number of hydrogen-bond donors (Lipinski definition) is 2. The second-order valence-electron chi connectivity index (χ2n) is 4.96. The standard InChI is InChI=1S/C17H19FN2O/c1-12(15-8-4-5-9-16(15)18)20-17(21)10-13-6-2-3-7-14(13)11-19/h2-9,12H,10-11,19H2,1H3,(H,20,21). The van der Waals surface area contributed by atoms with Gasteiger partial charge in [0.15, 0.2) is 0 Å². The molecule has 1 unspecified atom stereocenters. The van der Waals surface area contributed by atoms with Gasteiger partial charge in [-0.2, -0.15) is 0 Å². The van der Waals surface area contributed by atoms with Crippen LogP contribution in [0, 0.1) is 5.82 Å². The molecule has 0 radical (unpaired) electrons. The summed E-state index contributed by atoms with van der Waals surface area (Å²) in [7, 11) is 0. The largest absolute Gasteiger partial charge is 0.349 e. The highest BCUT2D eigenvalue weighted by atomic mass is 19.1. The molecule has 3 N–H and O–H groups in total. The normalized spacial score (nSPS) is 12.0. The summed E-state index contributed by atoms with van der Waals surface area (Å²) in [4.78, 5) is 12.1. The molecule has 0 aromatic heterocycles. The van der Waals surface area contributed by atoms with Gasteiger partial charge in [0.05, 0.1) is 12.5 Å². The van der Waals surface area contributed by atoms with E-state index in [1.807, 2.05) is 24.3 Å². The quantitative estimate of drug-likeness (QED) is 0.888. The number of rotatable bonds is 5. The molecule has 0 saturated carbocycles. The molecule has 0 saturated heterocycles. The van der Waals surface area contributed by atoms with E-state index in [-0.39, 0.29) is 24.2 Å². The topological polar surface area (TPSA) is 55.1 Å². The zero-order chi connectivity index (χ0) is 15.2. The molecule has 1 atom stereocenters. The SMILES string of the molecule is CC(NC(=O)Cc1ccccc1CN)c1ccccc1F. The minimum Gasteiger partial charge on any atom is -0.349 e. The maximum Gasteiger partial charge on any atom is 0.224 e. The zero-order valence-electron chi connectivity index (χ0n) is 12.0. The fraction of sp³-hybridized carbons (Fsp3) is 0.235. The van der Waals surface area contributed by atoms with E-state index in [0.29, 0.717) is 12.1 Å². The van der Waals surface area contributed by atoms with Gasteiger partial charge < -0.3 is 11.1 Å². The lowest BCUT2D eigenvalue weighted by Gasteiger charge is -2.15. The Morgan fingerprint density at radius 3 is 2.43 bits per heavy atom. The Balaban J connectivity index is 2.03. The maximum absolute atomic E-state index is 13.7. The van der Waals surface area contributed by atoms with Gasteiger partial charge in [-0.3, -0.25) is 4.79 Å². The van der Waals surface area contributed by atoms with Gasteiger partial charge in [0.2, 0.25) is 5.91 Å². The van der Waals surface area contributed by atoms with Gasteiger partial charge in [-0.05, 0) is 24.1 Å². The third-order valence-electron chi connectivity index (χ3n) is 3.44. The van der Waals surface area contributed by atoms with E-state index < -0.39 is 0 Å².